The van der Waals surface area contributed by atoms with E-state index in [2.05, 4.69) is 26.8 Å². The van der Waals surface area contributed by atoms with Gasteiger partial charge in [0.05, 0.1) is 6.10 Å². The summed E-state index contributed by atoms with van der Waals surface area (Å²) in [5.41, 5.74) is 1.06. The monoisotopic (exact) mass is 224 g/mol. The van der Waals surface area contributed by atoms with E-state index in [1.807, 2.05) is 36.9 Å². The average molecular weight is 224 g/mol. The van der Waals surface area contributed by atoms with E-state index >= 15 is 0 Å². The van der Waals surface area contributed by atoms with Crippen LogP contribution in [0.2, 0.25) is 0 Å². The molecule has 1 aromatic carbocycles. The molecule has 15 heavy (non-hydrogen) atoms. The van der Waals surface area contributed by atoms with Crippen molar-refractivity contribution in [3.05, 3.63) is 29.8 Å². The van der Waals surface area contributed by atoms with Gasteiger partial charge in [0.1, 0.15) is 0 Å². The molecular formula is C13H20OS. The predicted octanol–water partition coefficient (Wildman–Crippen LogP) is 4.02. The molecule has 1 nitrogen and oxygen atoms in total. The second-order valence-electron chi connectivity index (χ2n) is 4.68. The fourth-order valence-corrected chi connectivity index (χ4v) is 2.53. The smallest absolute Gasteiger partial charge is 0.0798 e. The van der Waals surface area contributed by atoms with Crippen molar-refractivity contribution in [3.8, 4) is 0 Å². The number of rotatable bonds is 3. The van der Waals surface area contributed by atoms with Crippen LogP contribution in [-0.4, -0.2) is 9.85 Å². The first-order valence-corrected chi connectivity index (χ1v) is 6.21. The lowest BCUT2D eigenvalue weighted by molar-refractivity contribution is 0.171. The minimum Gasteiger partial charge on any atom is -0.388 e. The lowest BCUT2D eigenvalue weighted by Crippen LogP contribution is -2.08. The van der Waals surface area contributed by atoms with E-state index in [0.717, 1.165) is 12.0 Å². The summed E-state index contributed by atoms with van der Waals surface area (Å²) >= 11 is 1.81. The van der Waals surface area contributed by atoms with Crippen molar-refractivity contribution in [1.29, 1.82) is 0 Å². The molecule has 0 aromatic heterocycles. The summed E-state index contributed by atoms with van der Waals surface area (Å²) in [4.78, 5) is 1.19. The summed E-state index contributed by atoms with van der Waals surface area (Å²) in [6.07, 6.45) is 0.429. The van der Waals surface area contributed by atoms with Gasteiger partial charge in [-0.2, -0.15) is 0 Å². The second-order valence-corrected chi connectivity index (χ2v) is 6.55. The first-order valence-electron chi connectivity index (χ1n) is 5.40. The van der Waals surface area contributed by atoms with Crippen molar-refractivity contribution in [2.24, 2.45) is 0 Å². The molecule has 0 radical (unpaired) electrons. The van der Waals surface area contributed by atoms with E-state index in [9.17, 15) is 5.11 Å². The van der Waals surface area contributed by atoms with Gasteiger partial charge in [-0.15, -0.1) is 11.8 Å². The molecule has 1 unspecified atom stereocenters. The third kappa shape index (κ3) is 3.88. The fraction of sp³-hybridized carbons (Fsp3) is 0.538. The largest absolute Gasteiger partial charge is 0.388 e. The van der Waals surface area contributed by atoms with E-state index in [1.165, 1.54) is 4.90 Å². The Balaban J connectivity index is 2.96. The molecule has 0 amide bonds. The van der Waals surface area contributed by atoms with Crippen LogP contribution in [0.5, 0.6) is 0 Å². The molecule has 2 heteroatoms. The fourth-order valence-electron chi connectivity index (χ4n) is 1.40. The van der Waals surface area contributed by atoms with Crippen molar-refractivity contribution >= 4 is 11.8 Å². The van der Waals surface area contributed by atoms with Gasteiger partial charge in [0.25, 0.3) is 0 Å². The van der Waals surface area contributed by atoms with E-state index in [-0.39, 0.29) is 10.9 Å². The minimum atomic E-state index is -0.337. The van der Waals surface area contributed by atoms with Crippen molar-refractivity contribution in [2.75, 3.05) is 0 Å². The van der Waals surface area contributed by atoms with Crippen LogP contribution in [-0.2, 0) is 0 Å². The molecular weight excluding hydrogens is 204 g/mol. The van der Waals surface area contributed by atoms with Gasteiger partial charge in [-0.05, 0) is 18.1 Å². The molecule has 0 aliphatic carbocycles. The number of benzene rings is 1. The number of aliphatic hydroxyl groups is 1. The highest BCUT2D eigenvalue weighted by Crippen LogP contribution is 2.36. The first kappa shape index (κ1) is 12.6. The summed E-state index contributed by atoms with van der Waals surface area (Å²) in [6.45, 7) is 8.57. The van der Waals surface area contributed by atoms with Crippen LogP contribution in [0.4, 0.5) is 0 Å². The van der Waals surface area contributed by atoms with Gasteiger partial charge < -0.3 is 5.11 Å². The van der Waals surface area contributed by atoms with E-state index in [4.69, 9.17) is 0 Å². The molecule has 0 heterocycles. The minimum absolute atomic E-state index is 0.184. The lowest BCUT2D eigenvalue weighted by atomic mass is 10.1. The topological polar surface area (TPSA) is 20.2 Å². The maximum absolute atomic E-state index is 9.89. The van der Waals surface area contributed by atoms with Gasteiger partial charge in [0.15, 0.2) is 0 Å². The van der Waals surface area contributed by atoms with E-state index in [0.29, 0.717) is 0 Å². The zero-order chi connectivity index (χ0) is 11.5. The summed E-state index contributed by atoms with van der Waals surface area (Å²) in [5.74, 6) is 0. The summed E-state index contributed by atoms with van der Waals surface area (Å²) < 4.78 is 0.184. The highest BCUT2D eigenvalue weighted by atomic mass is 32.2. The zero-order valence-electron chi connectivity index (χ0n) is 9.95. The number of thioether (sulfide) groups is 1. The van der Waals surface area contributed by atoms with E-state index < -0.39 is 0 Å². The molecule has 0 fully saturated rings. The second kappa shape index (κ2) is 5.04. The Bertz CT molecular complexity index is 315. The molecule has 0 aliphatic rings. The zero-order valence-corrected chi connectivity index (χ0v) is 10.8. The Morgan fingerprint density at radius 3 is 2.40 bits per heavy atom. The number of hydrogen-bond donors (Lipinski definition) is 1. The standard InChI is InChI=1S/C13H20OS/c1-5-11(14)10-8-6-7-9-12(10)15-13(2,3)4/h6-9,11,14H,5H2,1-4H3. The van der Waals surface area contributed by atoms with Crippen LogP contribution in [0, 0.1) is 0 Å². The summed E-state index contributed by atoms with van der Waals surface area (Å²) in [6, 6.07) is 8.12. The first-order chi connectivity index (χ1) is 6.94. The molecule has 1 rings (SSSR count). The van der Waals surface area contributed by atoms with Gasteiger partial charge in [-0.3, -0.25) is 0 Å². The van der Waals surface area contributed by atoms with Crippen molar-refractivity contribution in [2.45, 2.75) is 49.9 Å². The molecule has 0 spiro atoms. The summed E-state index contributed by atoms with van der Waals surface area (Å²) in [7, 11) is 0. The van der Waals surface area contributed by atoms with Crippen LogP contribution in [0.25, 0.3) is 0 Å². The van der Waals surface area contributed by atoms with Crippen molar-refractivity contribution in [1.82, 2.24) is 0 Å². The van der Waals surface area contributed by atoms with E-state index in [1.54, 1.807) is 0 Å². The van der Waals surface area contributed by atoms with Crippen LogP contribution in [0.1, 0.15) is 45.8 Å². The SMILES string of the molecule is CCC(O)c1ccccc1SC(C)(C)C. The highest BCUT2D eigenvalue weighted by molar-refractivity contribution is 8.00. The maximum Gasteiger partial charge on any atom is 0.0798 e. The number of hydrogen-bond acceptors (Lipinski definition) is 2. The van der Waals surface area contributed by atoms with Crippen LogP contribution in [0.15, 0.2) is 29.2 Å². The van der Waals surface area contributed by atoms with Crippen molar-refractivity contribution < 1.29 is 5.11 Å². The van der Waals surface area contributed by atoms with Gasteiger partial charge in [0.2, 0.25) is 0 Å². The molecule has 1 aromatic rings. The quantitative estimate of drug-likeness (QED) is 0.782. The third-order valence-corrected chi connectivity index (χ3v) is 3.28. The Kier molecular flexibility index (Phi) is 4.23. The molecule has 0 aliphatic heterocycles. The van der Waals surface area contributed by atoms with Gasteiger partial charge in [-0.25, -0.2) is 0 Å². The maximum atomic E-state index is 9.89. The van der Waals surface area contributed by atoms with Crippen LogP contribution >= 0.6 is 11.8 Å². The molecule has 84 valence electrons. The predicted molar refractivity (Wildman–Crippen MR) is 67.3 cm³/mol. The van der Waals surface area contributed by atoms with Gasteiger partial charge in [-0.1, -0.05) is 45.9 Å². The Labute approximate surface area is 96.9 Å². The van der Waals surface area contributed by atoms with Crippen LogP contribution in [0.3, 0.4) is 0 Å². The summed E-state index contributed by atoms with van der Waals surface area (Å²) in [5, 5.41) is 9.89. The molecule has 0 saturated carbocycles. The van der Waals surface area contributed by atoms with Crippen LogP contribution < -0.4 is 0 Å². The molecule has 0 saturated heterocycles. The Morgan fingerprint density at radius 1 is 1.27 bits per heavy atom. The van der Waals surface area contributed by atoms with Gasteiger partial charge in [0, 0.05) is 9.64 Å². The molecule has 1 N–H and O–H groups in total. The Hall–Kier alpha value is -0.470. The third-order valence-electron chi connectivity index (χ3n) is 2.08. The lowest BCUT2D eigenvalue weighted by Gasteiger charge is -2.21. The average Bonchev–Trinajstić information content (AvgIpc) is 2.15. The molecule has 1 atom stereocenters. The highest BCUT2D eigenvalue weighted by Gasteiger charge is 2.17. The van der Waals surface area contributed by atoms with Gasteiger partial charge >= 0.3 is 0 Å². The van der Waals surface area contributed by atoms with Crippen molar-refractivity contribution in [3.63, 3.8) is 0 Å². The molecule has 0 bridgehead atoms. The normalized spacial score (nSPS) is 13.9. The number of aliphatic hydroxyl groups excluding tert-OH is 1. The Morgan fingerprint density at radius 2 is 1.87 bits per heavy atom.